The molecule has 0 unspecified atom stereocenters. The van der Waals surface area contributed by atoms with E-state index in [0.717, 1.165) is 19.5 Å². The molecule has 0 aromatic rings. The SMILES string of the molecule is CCN(CCCO)C(C)(C)S. The smallest absolute Gasteiger partial charge is 0.0583 e. The van der Waals surface area contributed by atoms with Crippen molar-refractivity contribution < 1.29 is 5.11 Å². The van der Waals surface area contributed by atoms with Gasteiger partial charge in [-0.15, -0.1) is 0 Å². The lowest BCUT2D eigenvalue weighted by Crippen LogP contribution is -2.40. The van der Waals surface area contributed by atoms with Crippen molar-refractivity contribution in [1.29, 1.82) is 0 Å². The number of thiol groups is 1. The lowest BCUT2D eigenvalue weighted by Gasteiger charge is -2.33. The summed E-state index contributed by atoms with van der Waals surface area (Å²) in [4.78, 5) is 2.16. The van der Waals surface area contributed by atoms with E-state index in [1.165, 1.54) is 0 Å². The van der Waals surface area contributed by atoms with Crippen LogP contribution in [0.5, 0.6) is 0 Å². The van der Waals surface area contributed by atoms with Gasteiger partial charge in [-0.25, -0.2) is 0 Å². The van der Waals surface area contributed by atoms with E-state index in [9.17, 15) is 0 Å². The summed E-state index contributed by atoms with van der Waals surface area (Å²) < 4.78 is 0. The zero-order valence-electron chi connectivity index (χ0n) is 7.67. The zero-order chi connectivity index (χ0) is 8.91. The minimum atomic E-state index is -0.0656. The summed E-state index contributed by atoms with van der Waals surface area (Å²) in [5.41, 5.74) is 0. The fraction of sp³-hybridized carbons (Fsp3) is 1.00. The lowest BCUT2D eigenvalue weighted by atomic mass is 10.3. The number of hydrogen-bond acceptors (Lipinski definition) is 3. The molecular weight excluding hydrogens is 158 g/mol. The van der Waals surface area contributed by atoms with Gasteiger partial charge in [0.05, 0.1) is 4.87 Å². The van der Waals surface area contributed by atoms with Gasteiger partial charge in [-0.05, 0) is 26.8 Å². The van der Waals surface area contributed by atoms with Crippen LogP contribution >= 0.6 is 12.6 Å². The van der Waals surface area contributed by atoms with E-state index < -0.39 is 0 Å². The molecule has 3 heteroatoms. The summed E-state index contributed by atoms with van der Waals surface area (Å²) in [6.07, 6.45) is 0.831. The third kappa shape index (κ3) is 4.67. The Labute approximate surface area is 75.0 Å². The minimum Gasteiger partial charge on any atom is -0.396 e. The van der Waals surface area contributed by atoms with Gasteiger partial charge < -0.3 is 5.11 Å². The molecule has 1 N–H and O–H groups in total. The number of aliphatic hydroxyl groups is 1. The average Bonchev–Trinajstić information content (AvgIpc) is 1.87. The third-order valence-corrected chi connectivity index (χ3v) is 2.02. The summed E-state index contributed by atoms with van der Waals surface area (Å²) in [5.74, 6) is 0. The first-order chi connectivity index (χ1) is 5.02. The first-order valence-electron chi connectivity index (χ1n) is 4.10. The highest BCUT2D eigenvalue weighted by atomic mass is 32.1. The van der Waals surface area contributed by atoms with E-state index in [1.54, 1.807) is 0 Å². The van der Waals surface area contributed by atoms with Crippen LogP contribution in [-0.2, 0) is 0 Å². The highest BCUT2D eigenvalue weighted by molar-refractivity contribution is 7.81. The number of hydrogen-bond donors (Lipinski definition) is 2. The molecule has 0 saturated heterocycles. The van der Waals surface area contributed by atoms with Gasteiger partial charge in [0.25, 0.3) is 0 Å². The van der Waals surface area contributed by atoms with Crippen molar-refractivity contribution in [3.63, 3.8) is 0 Å². The molecule has 11 heavy (non-hydrogen) atoms. The Morgan fingerprint density at radius 1 is 1.45 bits per heavy atom. The molecule has 0 heterocycles. The largest absolute Gasteiger partial charge is 0.396 e. The van der Waals surface area contributed by atoms with Gasteiger partial charge >= 0.3 is 0 Å². The highest BCUT2D eigenvalue weighted by Gasteiger charge is 2.19. The Morgan fingerprint density at radius 3 is 2.27 bits per heavy atom. The fourth-order valence-corrected chi connectivity index (χ4v) is 1.32. The molecule has 0 aromatic carbocycles. The van der Waals surface area contributed by atoms with Gasteiger partial charge in [-0.3, -0.25) is 4.90 Å². The summed E-state index contributed by atoms with van der Waals surface area (Å²) in [6.45, 7) is 8.41. The van der Waals surface area contributed by atoms with Crippen LogP contribution in [-0.4, -0.2) is 34.6 Å². The highest BCUT2D eigenvalue weighted by Crippen LogP contribution is 2.17. The number of nitrogens with zero attached hydrogens (tertiary/aromatic N) is 1. The standard InChI is InChI=1S/C8H19NOS/c1-4-9(6-5-7-10)8(2,3)11/h10-11H,4-7H2,1-3H3. The maximum Gasteiger partial charge on any atom is 0.0583 e. The number of rotatable bonds is 5. The quantitative estimate of drug-likeness (QED) is 0.489. The molecule has 2 nitrogen and oxygen atoms in total. The maximum absolute atomic E-state index is 8.62. The van der Waals surface area contributed by atoms with Crippen LogP contribution in [0.1, 0.15) is 27.2 Å². The Bertz CT molecular complexity index is 101. The van der Waals surface area contributed by atoms with Gasteiger partial charge in [-0.1, -0.05) is 6.92 Å². The van der Waals surface area contributed by atoms with Gasteiger partial charge in [0.15, 0.2) is 0 Å². The molecule has 0 radical (unpaired) electrons. The molecular formula is C8H19NOS. The van der Waals surface area contributed by atoms with E-state index >= 15 is 0 Å². The molecule has 0 aliphatic carbocycles. The second kappa shape index (κ2) is 5.01. The van der Waals surface area contributed by atoms with Crippen molar-refractivity contribution >= 4 is 12.6 Å². The van der Waals surface area contributed by atoms with Crippen LogP contribution in [0.2, 0.25) is 0 Å². The molecule has 0 aliphatic rings. The van der Waals surface area contributed by atoms with Crippen molar-refractivity contribution in [3.05, 3.63) is 0 Å². The summed E-state index contributed by atoms with van der Waals surface area (Å²) in [7, 11) is 0. The molecule has 0 atom stereocenters. The Hall–Kier alpha value is 0.270. The van der Waals surface area contributed by atoms with Gasteiger partial charge in [0.2, 0.25) is 0 Å². The summed E-state index contributed by atoms with van der Waals surface area (Å²) in [6, 6.07) is 0. The van der Waals surface area contributed by atoms with Crippen LogP contribution < -0.4 is 0 Å². The zero-order valence-corrected chi connectivity index (χ0v) is 8.56. The molecule has 0 spiro atoms. The van der Waals surface area contributed by atoms with Crippen LogP contribution in [0.4, 0.5) is 0 Å². The Balaban J connectivity index is 3.76. The summed E-state index contributed by atoms with van der Waals surface area (Å²) >= 11 is 4.45. The van der Waals surface area contributed by atoms with E-state index in [-0.39, 0.29) is 11.5 Å². The van der Waals surface area contributed by atoms with E-state index in [2.05, 4.69) is 38.3 Å². The maximum atomic E-state index is 8.62. The minimum absolute atomic E-state index is 0.0656. The summed E-state index contributed by atoms with van der Waals surface area (Å²) in [5, 5.41) is 8.62. The van der Waals surface area contributed by atoms with Crippen molar-refractivity contribution in [2.24, 2.45) is 0 Å². The normalized spacial score (nSPS) is 12.5. The molecule has 0 bridgehead atoms. The molecule has 0 fully saturated rings. The van der Waals surface area contributed by atoms with Gasteiger partial charge in [-0.2, -0.15) is 12.6 Å². The predicted molar refractivity (Wildman–Crippen MR) is 52.0 cm³/mol. The molecule has 68 valence electrons. The first kappa shape index (κ1) is 11.3. The van der Waals surface area contributed by atoms with Gasteiger partial charge in [0.1, 0.15) is 0 Å². The average molecular weight is 177 g/mol. The molecule has 0 aromatic heterocycles. The molecule has 0 amide bonds. The van der Waals surface area contributed by atoms with E-state index in [1.807, 2.05) is 0 Å². The lowest BCUT2D eigenvalue weighted by molar-refractivity contribution is 0.182. The predicted octanol–water partition coefficient (Wildman–Crippen LogP) is 1.36. The van der Waals surface area contributed by atoms with E-state index in [4.69, 9.17) is 5.11 Å². The Morgan fingerprint density at radius 2 is 2.00 bits per heavy atom. The second-order valence-corrected chi connectivity index (χ2v) is 4.25. The van der Waals surface area contributed by atoms with Crippen molar-refractivity contribution in [2.75, 3.05) is 19.7 Å². The van der Waals surface area contributed by atoms with Gasteiger partial charge in [0, 0.05) is 13.2 Å². The van der Waals surface area contributed by atoms with Crippen LogP contribution in [0.25, 0.3) is 0 Å². The van der Waals surface area contributed by atoms with Crippen molar-refractivity contribution in [3.8, 4) is 0 Å². The van der Waals surface area contributed by atoms with Crippen LogP contribution in [0, 0.1) is 0 Å². The Kier molecular flexibility index (Phi) is 5.13. The first-order valence-corrected chi connectivity index (χ1v) is 4.55. The van der Waals surface area contributed by atoms with E-state index in [0.29, 0.717) is 0 Å². The molecule has 0 aliphatic heterocycles. The third-order valence-electron chi connectivity index (χ3n) is 1.74. The van der Waals surface area contributed by atoms with Crippen molar-refractivity contribution in [2.45, 2.75) is 32.1 Å². The van der Waals surface area contributed by atoms with Crippen LogP contribution in [0.3, 0.4) is 0 Å². The van der Waals surface area contributed by atoms with Crippen LogP contribution in [0.15, 0.2) is 0 Å². The topological polar surface area (TPSA) is 23.5 Å². The monoisotopic (exact) mass is 177 g/mol. The van der Waals surface area contributed by atoms with Crippen molar-refractivity contribution in [1.82, 2.24) is 4.90 Å². The molecule has 0 rings (SSSR count). The molecule has 0 saturated carbocycles. The fourth-order valence-electron chi connectivity index (χ4n) is 1.08. The second-order valence-electron chi connectivity index (χ2n) is 3.15. The number of aliphatic hydroxyl groups excluding tert-OH is 1.